The number of fused-ring (bicyclic) bond motifs is 2. The number of hydrogen-bond acceptors (Lipinski definition) is 4. The summed E-state index contributed by atoms with van der Waals surface area (Å²) in [7, 11) is 0. The second-order valence-electron chi connectivity index (χ2n) is 5.12. The van der Waals surface area contributed by atoms with E-state index in [1.807, 2.05) is 67.6 Å². The molecule has 0 amide bonds. The van der Waals surface area contributed by atoms with E-state index in [-0.39, 0.29) is 5.92 Å². The fourth-order valence-electron chi connectivity index (χ4n) is 2.85. The lowest BCUT2D eigenvalue weighted by Gasteiger charge is -2.26. The summed E-state index contributed by atoms with van der Waals surface area (Å²) in [6.07, 6.45) is 0. The zero-order valence-corrected chi connectivity index (χ0v) is 11.0. The molecule has 4 heteroatoms. The summed E-state index contributed by atoms with van der Waals surface area (Å²) < 4.78 is 0. The minimum Gasteiger partial charge on any atom is -0.189 e. The Kier molecular flexibility index (Phi) is 2.49. The molecule has 4 rings (SSSR count). The molecule has 2 aliphatic rings. The minimum absolute atomic E-state index is 0.139. The van der Waals surface area contributed by atoms with Crippen molar-refractivity contribution in [3.63, 3.8) is 0 Å². The SMILES string of the molecule is CC1C2(c3ccccc3)OOC1(c1ccccc1)OO2. The third-order valence-corrected chi connectivity index (χ3v) is 4.07. The number of benzene rings is 2. The maximum atomic E-state index is 5.55. The Hall–Kier alpha value is -1.72. The maximum absolute atomic E-state index is 5.55. The van der Waals surface area contributed by atoms with E-state index in [2.05, 4.69) is 0 Å². The van der Waals surface area contributed by atoms with Gasteiger partial charge in [0, 0.05) is 11.1 Å². The van der Waals surface area contributed by atoms with E-state index in [1.54, 1.807) is 0 Å². The van der Waals surface area contributed by atoms with Crippen LogP contribution in [0.5, 0.6) is 0 Å². The summed E-state index contributed by atoms with van der Waals surface area (Å²) >= 11 is 0. The van der Waals surface area contributed by atoms with E-state index in [0.29, 0.717) is 0 Å². The van der Waals surface area contributed by atoms with E-state index in [1.165, 1.54) is 0 Å². The van der Waals surface area contributed by atoms with Gasteiger partial charge in [-0.2, -0.15) is 19.6 Å². The van der Waals surface area contributed by atoms with E-state index in [0.717, 1.165) is 11.1 Å². The molecule has 0 unspecified atom stereocenters. The Morgan fingerprint density at radius 2 is 1.00 bits per heavy atom. The van der Waals surface area contributed by atoms with Crippen molar-refractivity contribution in [1.82, 2.24) is 0 Å². The van der Waals surface area contributed by atoms with Crippen LogP contribution < -0.4 is 0 Å². The molecule has 102 valence electrons. The molecule has 0 atom stereocenters. The van der Waals surface area contributed by atoms with E-state index in [9.17, 15) is 0 Å². The van der Waals surface area contributed by atoms with Crippen LogP contribution >= 0.6 is 0 Å². The maximum Gasteiger partial charge on any atom is 0.267 e. The molecule has 4 nitrogen and oxygen atoms in total. The van der Waals surface area contributed by atoms with Crippen LogP contribution in [-0.4, -0.2) is 0 Å². The highest BCUT2D eigenvalue weighted by Gasteiger charge is 2.70. The second-order valence-corrected chi connectivity index (χ2v) is 5.12. The summed E-state index contributed by atoms with van der Waals surface area (Å²) in [5, 5.41) is 0. The van der Waals surface area contributed by atoms with Crippen LogP contribution in [0.15, 0.2) is 60.7 Å². The van der Waals surface area contributed by atoms with Crippen LogP contribution in [0.2, 0.25) is 0 Å². The first-order valence-corrected chi connectivity index (χ1v) is 6.63. The van der Waals surface area contributed by atoms with Gasteiger partial charge in [0.15, 0.2) is 0 Å². The Balaban J connectivity index is 1.79. The van der Waals surface area contributed by atoms with Crippen LogP contribution in [0.25, 0.3) is 0 Å². The summed E-state index contributed by atoms with van der Waals surface area (Å²) in [4.78, 5) is 22.2. The normalized spacial score (nSPS) is 35.4. The molecule has 2 saturated heterocycles. The molecular formula is C16H14O4. The topological polar surface area (TPSA) is 36.9 Å². The Labute approximate surface area is 116 Å². The fraction of sp³-hybridized carbons (Fsp3) is 0.250. The van der Waals surface area contributed by atoms with Gasteiger partial charge in [0.2, 0.25) is 0 Å². The minimum atomic E-state index is -1.02. The first kappa shape index (κ1) is 12.1. The standard InChI is InChI=1S/C16H14O4/c1-12-15(13-8-4-2-5-9-13)17-19-16(12,20-18-15)14-10-6-3-7-11-14/h2-12H,1H3. The average molecular weight is 270 g/mol. The summed E-state index contributed by atoms with van der Waals surface area (Å²) in [6.45, 7) is 2.00. The first-order chi connectivity index (χ1) is 9.78. The van der Waals surface area contributed by atoms with Gasteiger partial charge >= 0.3 is 0 Å². The van der Waals surface area contributed by atoms with Crippen molar-refractivity contribution in [2.45, 2.75) is 18.5 Å². The Bertz CT molecular complexity index is 547. The van der Waals surface area contributed by atoms with E-state index >= 15 is 0 Å². The molecule has 20 heavy (non-hydrogen) atoms. The predicted molar refractivity (Wildman–Crippen MR) is 69.7 cm³/mol. The lowest BCUT2D eigenvalue weighted by molar-refractivity contribution is -0.601. The fourth-order valence-corrected chi connectivity index (χ4v) is 2.85. The van der Waals surface area contributed by atoms with Crippen molar-refractivity contribution < 1.29 is 19.6 Å². The van der Waals surface area contributed by atoms with Gasteiger partial charge in [0.05, 0.1) is 5.92 Å². The zero-order chi connectivity index (χ0) is 13.6. The van der Waals surface area contributed by atoms with E-state index in [4.69, 9.17) is 19.6 Å². The van der Waals surface area contributed by atoms with Crippen LogP contribution in [0.1, 0.15) is 18.1 Å². The zero-order valence-electron chi connectivity index (χ0n) is 11.0. The number of hydrogen-bond donors (Lipinski definition) is 0. The lowest BCUT2D eigenvalue weighted by Crippen LogP contribution is -2.31. The summed E-state index contributed by atoms with van der Waals surface area (Å²) in [5.74, 6) is -2.17. The van der Waals surface area contributed by atoms with Gasteiger partial charge in [0.1, 0.15) is 0 Å². The van der Waals surface area contributed by atoms with Crippen molar-refractivity contribution >= 4 is 0 Å². The Morgan fingerprint density at radius 3 is 1.35 bits per heavy atom. The van der Waals surface area contributed by atoms with Crippen molar-refractivity contribution in [1.29, 1.82) is 0 Å². The Morgan fingerprint density at radius 1 is 0.650 bits per heavy atom. The molecule has 0 N–H and O–H groups in total. The molecular weight excluding hydrogens is 256 g/mol. The molecule has 2 aromatic carbocycles. The average Bonchev–Trinajstić information content (AvgIpc) is 3.00. The van der Waals surface area contributed by atoms with E-state index < -0.39 is 11.6 Å². The van der Waals surface area contributed by atoms with Crippen molar-refractivity contribution in [2.75, 3.05) is 0 Å². The summed E-state index contributed by atoms with van der Waals surface area (Å²) in [5.41, 5.74) is 1.76. The molecule has 2 aliphatic heterocycles. The smallest absolute Gasteiger partial charge is 0.189 e. The monoisotopic (exact) mass is 270 g/mol. The quantitative estimate of drug-likeness (QED) is 0.785. The lowest BCUT2D eigenvalue weighted by atomic mass is 9.85. The third kappa shape index (κ3) is 1.39. The van der Waals surface area contributed by atoms with Gasteiger partial charge in [0.25, 0.3) is 11.6 Å². The van der Waals surface area contributed by atoms with Gasteiger partial charge in [-0.25, -0.2) is 0 Å². The van der Waals surface area contributed by atoms with Crippen LogP contribution in [-0.2, 0) is 31.1 Å². The molecule has 2 heterocycles. The molecule has 0 radical (unpaired) electrons. The summed E-state index contributed by atoms with van der Waals surface area (Å²) in [6, 6.07) is 19.4. The van der Waals surface area contributed by atoms with Gasteiger partial charge in [-0.3, -0.25) is 0 Å². The van der Waals surface area contributed by atoms with Gasteiger partial charge < -0.3 is 0 Å². The van der Waals surface area contributed by atoms with Crippen molar-refractivity contribution in [2.24, 2.45) is 5.92 Å². The van der Waals surface area contributed by atoms with Crippen molar-refractivity contribution in [3.05, 3.63) is 71.8 Å². The number of rotatable bonds is 2. The largest absolute Gasteiger partial charge is 0.267 e. The van der Waals surface area contributed by atoms with Crippen molar-refractivity contribution in [3.8, 4) is 0 Å². The van der Waals surface area contributed by atoms with Gasteiger partial charge in [-0.1, -0.05) is 67.6 Å². The van der Waals surface area contributed by atoms with Gasteiger partial charge in [-0.15, -0.1) is 0 Å². The highest BCUT2D eigenvalue weighted by atomic mass is 17.4. The van der Waals surface area contributed by atoms with Crippen LogP contribution in [0.3, 0.4) is 0 Å². The second kappa shape index (κ2) is 4.14. The molecule has 2 aromatic rings. The highest BCUT2D eigenvalue weighted by molar-refractivity contribution is 5.28. The molecule has 0 saturated carbocycles. The third-order valence-electron chi connectivity index (χ3n) is 4.07. The predicted octanol–water partition coefficient (Wildman–Crippen LogP) is 3.25. The molecule has 2 fully saturated rings. The first-order valence-electron chi connectivity index (χ1n) is 6.63. The molecule has 0 spiro atoms. The molecule has 0 aromatic heterocycles. The van der Waals surface area contributed by atoms with Crippen LogP contribution in [0, 0.1) is 5.92 Å². The molecule has 0 aliphatic carbocycles. The highest BCUT2D eigenvalue weighted by Crippen LogP contribution is 2.59. The van der Waals surface area contributed by atoms with Crippen LogP contribution in [0.4, 0.5) is 0 Å². The molecule has 2 bridgehead atoms. The van der Waals surface area contributed by atoms with Gasteiger partial charge in [-0.05, 0) is 0 Å².